The molecule has 10 heteroatoms. The van der Waals surface area contributed by atoms with E-state index in [1.54, 1.807) is 23.1 Å². The third kappa shape index (κ3) is 5.79. The largest absolute Gasteiger partial charge is 0.464 e. The van der Waals surface area contributed by atoms with Crippen molar-refractivity contribution in [2.24, 2.45) is 0 Å². The number of aryl methyl sites for hydroxylation is 3. The Kier molecular flexibility index (Phi) is 7.12. The maximum absolute atomic E-state index is 14.2. The minimum Gasteiger partial charge on any atom is -0.464 e. The molecule has 1 atom stereocenters. The first-order valence-corrected chi connectivity index (χ1v) is 13.2. The van der Waals surface area contributed by atoms with E-state index in [1.165, 1.54) is 10.4 Å². The van der Waals surface area contributed by atoms with E-state index in [-0.39, 0.29) is 24.2 Å². The van der Waals surface area contributed by atoms with Gasteiger partial charge in [-0.25, -0.2) is 0 Å². The molecular weight excluding hydrogens is 496 g/mol. The van der Waals surface area contributed by atoms with Crippen molar-refractivity contribution in [1.29, 1.82) is 0 Å². The van der Waals surface area contributed by atoms with Crippen molar-refractivity contribution < 1.29 is 18.4 Å². The van der Waals surface area contributed by atoms with Gasteiger partial charge in [0.1, 0.15) is 23.8 Å². The van der Waals surface area contributed by atoms with Crippen molar-refractivity contribution >= 4 is 17.5 Å². The Labute approximate surface area is 227 Å². The number of carbonyl (C=O) groups is 2. The molecule has 39 heavy (non-hydrogen) atoms. The van der Waals surface area contributed by atoms with Gasteiger partial charge in [0.2, 0.25) is 5.82 Å². The number of aromatic nitrogens is 4. The van der Waals surface area contributed by atoms with Gasteiger partial charge >= 0.3 is 0 Å². The lowest BCUT2D eigenvalue weighted by Gasteiger charge is -2.34. The van der Waals surface area contributed by atoms with E-state index < -0.39 is 11.6 Å². The van der Waals surface area contributed by atoms with Gasteiger partial charge in [-0.3, -0.25) is 14.5 Å². The highest BCUT2D eigenvalue weighted by Crippen LogP contribution is 2.36. The van der Waals surface area contributed by atoms with E-state index in [1.807, 2.05) is 52.8 Å². The highest BCUT2D eigenvalue weighted by atomic mass is 16.3. The molecule has 3 aromatic heterocycles. The van der Waals surface area contributed by atoms with Gasteiger partial charge in [0.05, 0.1) is 0 Å². The second-order valence-corrected chi connectivity index (χ2v) is 11.0. The van der Waals surface area contributed by atoms with Crippen LogP contribution in [-0.2, 0) is 29.0 Å². The van der Waals surface area contributed by atoms with Crippen molar-refractivity contribution in [3.63, 3.8) is 0 Å². The molecule has 0 bridgehead atoms. The fourth-order valence-corrected chi connectivity index (χ4v) is 4.98. The molecule has 0 aliphatic heterocycles. The molecule has 0 spiro atoms. The first kappa shape index (κ1) is 26.4. The van der Waals surface area contributed by atoms with Crippen LogP contribution in [0.1, 0.15) is 68.1 Å². The van der Waals surface area contributed by atoms with Crippen molar-refractivity contribution in [3.8, 4) is 11.6 Å². The molecule has 0 unspecified atom stereocenters. The average Bonchev–Trinajstić information content (AvgIpc) is 3.62. The van der Waals surface area contributed by atoms with Crippen LogP contribution >= 0.6 is 0 Å². The number of nitrogens with one attached hydrogen (secondary N) is 1. The molecule has 1 aliphatic rings. The zero-order chi connectivity index (χ0) is 27.7. The molecule has 3 heterocycles. The lowest BCUT2D eigenvalue weighted by Crippen LogP contribution is -2.50. The zero-order valence-corrected chi connectivity index (χ0v) is 23.0. The second kappa shape index (κ2) is 10.5. The van der Waals surface area contributed by atoms with Gasteiger partial charge in [-0.05, 0) is 107 Å². The van der Waals surface area contributed by atoms with Crippen LogP contribution in [0.3, 0.4) is 0 Å². The predicted molar refractivity (Wildman–Crippen MR) is 145 cm³/mol. The van der Waals surface area contributed by atoms with E-state index >= 15 is 0 Å². The second-order valence-electron chi connectivity index (χ2n) is 11.0. The summed E-state index contributed by atoms with van der Waals surface area (Å²) in [6.45, 7) is 9.13. The minimum absolute atomic E-state index is 0.227. The number of furan rings is 2. The number of carbonyl (C=O) groups excluding carboxylic acids is 2. The molecule has 10 nitrogen and oxygen atoms in total. The van der Waals surface area contributed by atoms with Crippen LogP contribution < -0.4 is 10.2 Å². The van der Waals surface area contributed by atoms with E-state index in [4.69, 9.17) is 8.83 Å². The molecular formula is C29H34N6O4. The van der Waals surface area contributed by atoms with Crippen molar-refractivity contribution in [2.45, 2.75) is 78.4 Å². The first-order chi connectivity index (χ1) is 18.6. The molecule has 0 fully saturated rings. The number of hydrogen-bond donors (Lipinski definition) is 1. The lowest BCUT2D eigenvalue weighted by atomic mass is 9.89. The number of fused-ring (bicyclic) bond motifs is 1. The Hall–Kier alpha value is -4.21. The topological polar surface area (TPSA) is 119 Å². The quantitative estimate of drug-likeness (QED) is 0.367. The predicted octanol–water partition coefficient (Wildman–Crippen LogP) is 4.71. The summed E-state index contributed by atoms with van der Waals surface area (Å²) >= 11 is 0. The highest BCUT2D eigenvalue weighted by Gasteiger charge is 2.38. The van der Waals surface area contributed by atoms with E-state index in [0.29, 0.717) is 23.0 Å². The first-order valence-electron chi connectivity index (χ1n) is 13.2. The molecule has 0 saturated carbocycles. The van der Waals surface area contributed by atoms with E-state index in [9.17, 15) is 9.59 Å². The molecule has 0 radical (unpaired) electrons. The number of nitrogens with zero attached hydrogens (tertiary/aromatic N) is 5. The van der Waals surface area contributed by atoms with Crippen LogP contribution in [0.2, 0.25) is 0 Å². The number of rotatable bonds is 7. The van der Waals surface area contributed by atoms with Gasteiger partial charge in [-0.15, -0.1) is 10.2 Å². The van der Waals surface area contributed by atoms with Crippen LogP contribution in [0.25, 0.3) is 11.6 Å². The van der Waals surface area contributed by atoms with Crippen LogP contribution in [0.4, 0.5) is 5.69 Å². The molecule has 1 N–H and O–H groups in total. The summed E-state index contributed by atoms with van der Waals surface area (Å²) in [7, 11) is 0. The number of hydrogen-bond acceptors (Lipinski definition) is 7. The van der Waals surface area contributed by atoms with Gasteiger partial charge in [0.25, 0.3) is 11.8 Å². The van der Waals surface area contributed by atoms with Crippen LogP contribution in [0.15, 0.2) is 51.3 Å². The summed E-state index contributed by atoms with van der Waals surface area (Å²) < 4.78 is 11.6. The van der Waals surface area contributed by atoms with Gasteiger partial charge in [-0.1, -0.05) is 12.1 Å². The number of anilines is 1. The fourth-order valence-electron chi connectivity index (χ4n) is 4.98. The minimum atomic E-state index is -1.03. The van der Waals surface area contributed by atoms with Crippen LogP contribution in [-0.4, -0.2) is 37.6 Å². The van der Waals surface area contributed by atoms with Crippen molar-refractivity contribution in [1.82, 2.24) is 25.5 Å². The third-order valence-corrected chi connectivity index (χ3v) is 6.63. The van der Waals surface area contributed by atoms with E-state index in [0.717, 1.165) is 37.0 Å². The van der Waals surface area contributed by atoms with Gasteiger partial charge in [0.15, 0.2) is 11.8 Å². The monoisotopic (exact) mass is 530 g/mol. The molecule has 4 aromatic rings. The molecule has 5 rings (SSSR count). The summed E-state index contributed by atoms with van der Waals surface area (Å²) in [5.74, 6) is 1.80. The van der Waals surface area contributed by atoms with E-state index in [2.05, 4.69) is 26.8 Å². The van der Waals surface area contributed by atoms with Crippen molar-refractivity contribution in [2.75, 3.05) is 4.90 Å². The maximum Gasteiger partial charge on any atom is 0.251 e. The lowest BCUT2D eigenvalue weighted by molar-refractivity contribution is -0.128. The third-order valence-electron chi connectivity index (χ3n) is 6.63. The Balaban J connectivity index is 1.58. The summed E-state index contributed by atoms with van der Waals surface area (Å²) in [6.07, 6.45) is 3.86. The maximum atomic E-state index is 14.2. The standard InChI is InChI=1S/C29H34N6O4/c1-18-13-15-23(38-18)26(28(37)30-29(3,4)5)35(22-12-8-10-20-9-6-7-11-21(20)22)25(36)17-34-32-27(31-33-34)24-16-14-19(2)39-24/h8,10,12-16,26H,6-7,9,11,17H2,1-5H3,(H,30,37)/t26-/m0/s1. The Morgan fingerprint density at radius 3 is 2.46 bits per heavy atom. The number of benzene rings is 1. The molecule has 2 amide bonds. The fraction of sp³-hybridized carbons (Fsp3) is 0.414. The summed E-state index contributed by atoms with van der Waals surface area (Å²) in [6, 6.07) is 12.0. The Morgan fingerprint density at radius 1 is 1.03 bits per heavy atom. The molecule has 0 saturated heterocycles. The van der Waals surface area contributed by atoms with Gasteiger partial charge in [-0.2, -0.15) is 4.80 Å². The van der Waals surface area contributed by atoms with Crippen molar-refractivity contribution in [3.05, 3.63) is 70.9 Å². The average molecular weight is 531 g/mol. The molecule has 1 aromatic carbocycles. The SMILES string of the molecule is Cc1ccc(-c2nnn(CC(=O)N(c3cccc4c3CCCC4)[C@H](C(=O)NC(C)(C)C)c3ccc(C)o3)n2)o1. The van der Waals surface area contributed by atoms with Gasteiger partial charge < -0.3 is 14.2 Å². The Morgan fingerprint density at radius 2 is 1.77 bits per heavy atom. The molecule has 204 valence electrons. The van der Waals surface area contributed by atoms with Crippen LogP contribution in [0, 0.1) is 13.8 Å². The summed E-state index contributed by atoms with van der Waals surface area (Å²) in [5.41, 5.74) is 2.44. The Bertz CT molecular complexity index is 1490. The normalized spacial score (nSPS) is 14.1. The number of tetrazole rings is 1. The molecule has 1 aliphatic carbocycles. The number of amides is 2. The van der Waals surface area contributed by atoms with Crippen LogP contribution in [0.5, 0.6) is 0 Å². The summed E-state index contributed by atoms with van der Waals surface area (Å²) in [5, 5.41) is 15.6. The highest BCUT2D eigenvalue weighted by molar-refractivity contribution is 6.01. The van der Waals surface area contributed by atoms with Gasteiger partial charge in [0, 0.05) is 11.2 Å². The smallest absolute Gasteiger partial charge is 0.251 e. The summed E-state index contributed by atoms with van der Waals surface area (Å²) in [4.78, 5) is 30.8. The zero-order valence-electron chi connectivity index (χ0n) is 23.0.